The van der Waals surface area contributed by atoms with E-state index in [9.17, 15) is 5.11 Å². The van der Waals surface area contributed by atoms with Crippen LogP contribution in [0.5, 0.6) is 11.5 Å². The summed E-state index contributed by atoms with van der Waals surface area (Å²) < 4.78 is 4.96. The summed E-state index contributed by atoms with van der Waals surface area (Å²) >= 11 is 0. The minimum atomic E-state index is 0.151. The molecule has 0 atom stereocenters. The molecule has 0 spiro atoms. The Balaban J connectivity index is 2.99. The normalized spacial score (nSPS) is 10.2. The maximum atomic E-state index is 9.29. The minimum absolute atomic E-state index is 0.151. The highest BCUT2D eigenvalue weighted by Crippen LogP contribution is 2.26. The van der Waals surface area contributed by atoms with Gasteiger partial charge in [0, 0.05) is 0 Å². The fourth-order valence-electron chi connectivity index (χ4n) is 0.977. The lowest BCUT2D eigenvalue weighted by atomic mass is 10.2. The summed E-state index contributed by atoms with van der Waals surface area (Å²) in [5, 5.41) is 9.29. The molecule has 1 aromatic rings. The Bertz CT molecular complexity index is 327. The Kier molecular flexibility index (Phi) is 3.15. The predicted octanol–water partition coefficient (Wildman–Crippen LogP) is 2.60. The second-order valence-electron chi connectivity index (χ2n) is 2.53. The van der Waals surface area contributed by atoms with Gasteiger partial charge in [0.25, 0.3) is 0 Å². The fourth-order valence-corrected chi connectivity index (χ4v) is 0.977. The quantitative estimate of drug-likeness (QED) is 0.717. The smallest absolute Gasteiger partial charge is 0.161 e. The van der Waals surface area contributed by atoms with E-state index < -0.39 is 0 Å². The molecule has 1 N–H and O–H groups in total. The molecular weight excluding hydrogens is 164 g/mol. The molecule has 2 heteroatoms. The average molecular weight is 176 g/mol. The third-order valence-corrected chi connectivity index (χ3v) is 1.63. The van der Waals surface area contributed by atoms with Crippen molar-refractivity contribution in [3.8, 4) is 11.5 Å². The number of allylic oxidation sites excluding steroid dienone is 2. The van der Waals surface area contributed by atoms with Gasteiger partial charge in [-0.1, -0.05) is 30.9 Å². The molecule has 0 aliphatic carbocycles. The first-order valence-electron chi connectivity index (χ1n) is 3.94. The molecular formula is C11H12O2. The third kappa shape index (κ3) is 2.37. The van der Waals surface area contributed by atoms with Crippen LogP contribution in [0.4, 0.5) is 0 Å². The van der Waals surface area contributed by atoms with Gasteiger partial charge in [-0.15, -0.1) is 0 Å². The molecule has 1 rings (SSSR count). The number of hydrogen-bond acceptors (Lipinski definition) is 2. The van der Waals surface area contributed by atoms with E-state index in [2.05, 4.69) is 6.58 Å². The lowest BCUT2D eigenvalue weighted by Gasteiger charge is -2.03. The Morgan fingerprint density at radius 3 is 2.85 bits per heavy atom. The summed E-state index contributed by atoms with van der Waals surface area (Å²) in [5.74, 6) is 0.629. The molecule has 2 nitrogen and oxygen atoms in total. The van der Waals surface area contributed by atoms with E-state index in [0.717, 1.165) is 5.56 Å². The van der Waals surface area contributed by atoms with Crippen molar-refractivity contribution in [3.05, 3.63) is 42.5 Å². The van der Waals surface area contributed by atoms with E-state index in [1.165, 1.54) is 7.11 Å². The number of aromatic hydroxyl groups is 1. The van der Waals surface area contributed by atoms with E-state index in [-0.39, 0.29) is 5.75 Å². The van der Waals surface area contributed by atoms with Gasteiger partial charge in [-0.2, -0.15) is 0 Å². The first-order chi connectivity index (χ1) is 6.27. The highest BCUT2D eigenvalue weighted by molar-refractivity contribution is 5.56. The van der Waals surface area contributed by atoms with Crippen LogP contribution in [-0.4, -0.2) is 12.2 Å². The number of methoxy groups -OCH3 is 1. The van der Waals surface area contributed by atoms with Gasteiger partial charge < -0.3 is 9.84 Å². The fraction of sp³-hybridized carbons (Fsp3) is 0.0909. The van der Waals surface area contributed by atoms with E-state index >= 15 is 0 Å². The minimum Gasteiger partial charge on any atom is -0.504 e. The lowest BCUT2D eigenvalue weighted by molar-refractivity contribution is 0.373. The van der Waals surface area contributed by atoms with Crippen molar-refractivity contribution in [2.75, 3.05) is 7.11 Å². The maximum absolute atomic E-state index is 9.29. The Morgan fingerprint density at radius 1 is 1.46 bits per heavy atom. The summed E-state index contributed by atoms with van der Waals surface area (Å²) in [6.45, 7) is 3.57. The summed E-state index contributed by atoms with van der Waals surface area (Å²) in [5.41, 5.74) is 0.967. The average Bonchev–Trinajstić information content (AvgIpc) is 2.16. The van der Waals surface area contributed by atoms with Gasteiger partial charge in [-0.25, -0.2) is 0 Å². The van der Waals surface area contributed by atoms with Gasteiger partial charge in [0.15, 0.2) is 11.5 Å². The van der Waals surface area contributed by atoms with Crippen molar-refractivity contribution >= 4 is 6.08 Å². The molecule has 0 heterocycles. The standard InChI is InChI=1S/C11H12O2/c1-3-4-5-9-6-7-10(12)11(8-9)13-2/h3-8,12H,1H2,2H3/b5-4+. The largest absolute Gasteiger partial charge is 0.504 e. The van der Waals surface area contributed by atoms with Crippen molar-refractivity contribution in [1.82, 2.24) is 0 Å². The summed E-state index contributed by atoms with van der Waals surface area (Å²) in [6.07, 6.45) is 5.40. The molecule has 0 amide bonds. The van der Waals surface area contributed by atoms with Crippen molar-refractivity contribution in [2.45, 2.75) is 0 Å². The van der Waals surface area contributed by atoms with Gasteiger partial charge in [-0.3, -0.25) is 0 Å². The van der Waals surface area contributed by atoms with Crippen LogP contribution < -0.4 is 4.74 Å². The Labute approximate surface area is 77.8 Å². The van der Waals surface area contributed by atoms with E-state index in [4.69, 9.17) is 4.74 Å². The zero-order valence-electron chi connectivity index (χ0n) is 7.53. The molecule has 0 fully saturated rings. The number of phenolic OH excluding ortho intramolecular Hbond substituents is 1. The van der Waals surface area contributed by atoms with Gasteiger partial charge in [0.2, 0.25) is 0 Å². The number of ether oxygens (including phenoxy) is 1. The monoisotopic (exact) mass is 176 g/mol. The highest BCUT2D eigenvalue weighted by Gasteiger charge is 1.99. The molecule has 0 radical (unpaired) electrons. The van der Waals surface area contributed by atoms with E-state index in [1.54, 1.807) is 24.3 Å². The van der Waals surface area contributed by atoms with E-state index in [0.29, 0.717) is 5.75 Å². The Morgan fingerprint density at radius 2 is 2.23 bits per heavy atom. The first-order valence-corrected chi connectivity index (χ1v) is 3.94. The van der Waals surface area contributed by atoms with Gasteiger partial charge >= 0.3 is 0 Å². The molecule has 0 bridgehead atoms. The van der Waals surface area contributed by atoms with Gasteiger partial charge in [-0.05, 0) is 17.7 Å². The highest BCUT2D eigenvalue weighted by atomic mass is 16.5. The van der Waals surface area contributed by atoms with Crippen LogP contribution in [0.25, 0.3) is 6.08 Å². The number of benzene rings is 1. The lowest BCUT2D eigenvalue weighted by Crippen LogP contribution is -1.83. The van der Waals surface area contributed by atoms with Crippen molar-refractivity contribution in [2.24, 2.45) is 0 Å². The maximum Gasteiger partial charge on any atom is 0.161 e. The Hall–Kier alpha value is -1.70. The topological polar surface area (TPSA) is 29.5 Å². The summed E-state index contributed by atoms with van der Waals surface area (Å²) in [7, 11) is 1.52. The summed E-state index contributed by atoms with van der Waals surface area (Å²) in [6, 6.07) is 5.16. The molecule has 0 saturated carbocycles. The van der Waals surface area contributed by atoms with Crippen LogP contribution in [0.2, 0.25) is 0 Å². The van der Waals surface area contributed by atoms with Crippen LogP contribution in [0.3, 0.4) is 0 Å². The molecule has 0 aromatic heterocycles. The SMILES string of the molecule is C=C/C=C/c1ccc(O)c(OC)c1. The predicted molar refractivity (Wildman–Crippen MR) is 53.9 cm³/mol. The zero-order chi connectivity index (χ0) is 9.68. The number of phenols is 1. The van der Waals surface area contributed by atoms with Crippen LogP contribution >= 0.6 is 0 Å². The second kappa shape index (κ2) is 4.36. The van der Waals surface area contributed by atoms with Crippen LogP contribution in [-0.2, 0) is 0 Å². The molecule has 0 unspecified atom stereocenters. The third-order valence-electron chi connectivity index (χ3n) is 1.63. The molecule has 68 valence electrons. The molecule has 0 aliphatic heterocycles. The molecule has 0 saturated heterocycles. The number of hydrogen-bond donors (Lipinski definition) is 1. The van der Waals surface area contributed by atoms with Crippen molar-refractivity contribution in [3.63, 3.8) is 0 Å². The van der Waals surface area contributed by atoms with Crippen molar-refractivity contribution < 1.29 is 9.84 Å². The van der Waals surface area contributed by atoms with Gasteiger partial charge in [0.05, 0.1) is 7.11 Å². The zero-order valence-corrected chi connectivity index (χ0v) is 7.53. The molecule has 1 aromatic carbocycles. The van der Waals surface area contributed by atoms with E-state index in [1.807, 2.05) is 12.2 Å². The number of rotatable bonds is 3. The second-order valence-corrected chi connectivity index (χ2v) is 2.53. The van der Waals surface area contributed by atoms with Crippen LogP contribution in [0, 0.1) is 0 Å². The van der Waals surface area contributed by atoms with Crippen LogP contribution in [0.1, 0.15) is 5.56 Å². The van der Waals surface area contributed by atoms with Gasteiger partial charge in [0.1, 0.15) is 0 Å². The van der Waals surface area contributed by atoms with Crippen molar-refractivity contribution in [1.29, 1.82) is 0 Å². The first kappa shape index (κ1) is 9.39. The summed E-state index contributed by atoms with van der Waals surface area (Å²) in [4.78, 5) is 0. The molecule has 13 heavy (non-hydrogen) atoms. The molecule has 0 aliphatic rings. The van der Waals surface area contributed by atoms with Crippen LogP contribution in [0.15, 0.2) is 36.9 Å².